The summed E-state index contributed by atoms with van der Waals surface area (Å²) in [5.41, 5.74) is 0. The lowest BCUT2D eigenvalue weighted by atomic mass is 10.1. The van der Waals surface area contributed by atoms with Crippen molar-refractivity contribution in [3.05, 3.63) is 0 Å². The molecule has 0 aromatic heterocycles. The van der Waals surface area contributed by atoms with E-state index in [1.54, 1.807) is 7.11 Å². The average molecular weight is 199 g/mol. The van der Waals surface area contributed by atoms with Crippen LogP contribution in [0.15, 0.2) is 0 Å². The lowest BCUT2D eigenvalue weighted by Gasteiger charge is -2.13. The molecule has 1 N–H and O–H groups in total. The first-order valence-electron chi connectivity index (χ1n) is 5.08. The molecule has 82 valence electrons. The zero-order valence-electron chi connectivity index (χ0n) is 9.21. The van der Waals surface area contributed by atoms with Crippen LogP contribution in [-0.4, -0.2) is 39.5 Å². The molecule has 1 atom stereocenters. The number of hydrogen-bond donors (Lipinski definition) is 1. The SMILES string of the molecule is C#CCC(CC)NCCOCCOC. The average Bonchev–Trinajstić information content (AvgIpc) is 2.21. The third-order valence-electron chi connectivity index (χ3n) is 1.97. The number of ether oxygens (including phenoxy) is 2. The van der Waals surface area contributed by atoms with E-state index < -0.39 is 0 Å². The lowest BCUT2D eigenvalue weighted by Crippen LogP contribution is -2.31. The van der Waals surface area contributed by atoms with Crippen LogP contribution in [0.5, 0.6) is 0 Å². The van der Waals surface area contributed by atoms with Crippen molar-refractivity contribution in [2.75, 3.05) is 33.5 Å². The fourth-order valence-corrected chi connectivity index (χ4v) is 1.08. The maximum Gasteiger partial charge on any atom is 0.0700 e. The predicted molar refractivity (Wildman–Crippen MR) is 58.2 cm³/mol. The Morgan fingerprint density at radius 3 is 2.71 bits per heavy atom. The molecule has 0 amide bonds. The van der Waals surface area contributed by atoms with Gasteiger partial charge in [0.1, 0.15) is 0 Å². The summed E-state index contributed by atoms with van der Waals surface area (Å²) in [6.07, 6.45) is 7.08. The molecule has 0 heterocycles. The predicted octanol–water partition coefficient (Wildman–Crippen LogP) is 1.04. The van der Waals surface area contributed by atoms with Gasteiger partial charge >= 0.3 is 0 Å². The summed E-state index contributed by atoms with van der Waals surface area (Å²) in [4.78, 5) is 0. The van der Waals surface area contributed by atoms with Crippen molar-refractivity contribution >= 4 is 0 Å². The molecule has 3 heteroatoms. The maximum atomic E-state index is 5.31. The number of methoxy groups -OCH3 is 1. The van der Waals surface area contributed by atoms with Crippen molar-refractivity contribution < 1.29 is 9.47 Å². The molecule has 0 aliphatic heterocycles. The summed E-state index contributed by atoms with van der Waals surface area (Å²) in [7, 11) is 1.67. The van der Waals surface area contributed by atoms with Crippen molar-refractivity contribution in [1.29, 1.82) is 0 Å². The molecule has 0 fully saturated rings. The van der Waals surface area contributed by atoms with Gasteiger partial charge in [0, 0.05) is 26.1 Å². The number of nitrogens with one attached hydrogen (secondary N) is 1. The minimum absolute atomic E-state index is 0.422. The van der Waals surface area contributed by atoms with Crippen LogP contribution in [0.25, 0.3) is 0 Å². The van der Waals surface area contributed by atoms with Crippen LogP contribution in [-0.2, 0) is 9.47 Å². The molecule has 0 radical (unpaired) electrons. The van der Waals surface area contributed by atoms with E-state index in [-0.39, 0.29) is 0 Å². The van der Waals surface area contributed by atoms with Gasteiger partial charge < -0.3 is 14.8 Å². The fraction of sp³-hybridized carbons (Fsp3) is 0.818. The Bertz CT molecular complexity index is 154. The first-order chi connectivity index (χ1) is 6.85. The largest absolute Gasteiger partial charge is 0.382 e. The van der Waals surface area contributed by atoms with Gasteiger partial charge in [0.25, 0.3) is 0 Å². The van der Waals surface area contributed by atoms with Gasteiger partial charge in [0.2, 0.25) is 0 Å². The molecule has 0 spiro atoms. The highest BCUT2D eigenvalue weighted by Crippen LogP contribution is 1.94. The Labute approximate surface area is 87.2 Å². The monoisotopic (exact) mass is 199 g/mol. The van der Waals surface area contributed by atoms with Crippen LogP contribution in [0.3, 0.4) is 0 Å². The van der Waals surface area contributed by atoms with Gasteiger partial charge in [-0.2, -0.15) is 0 Å². The molecule has 0 saturated carbocycles. The van der Waals surface area contributed by atoms with E-state index in [9.17, 15) is 0 Å². The quantitative estimate of drug-likeness (QED) is 0.444. The lowest BCUT2D eigenvalue weighted by molar-refractivity contribution is 0.0710. The van der Waals surface area contributed by atoms with Gasteiger partial charge in [-0.05, 0) is 6.42 Å². The molecule has 0 aromatic carbocycles. The molecule has 0 saturated heterocycles. The van der Waals surface area contributed by atoms with E-state index in [4.69, 9.17) is 15.9 Å². The van der Waals surface area contributed by atoms with Crippen molar-refractivity contribution in [3.8, 4) is 12.3 Å². The Balaban J connectivity index is 3.21. The molecule has 0 rings (SSSR count). The second kappa shape index (κ2) is 10.5. The summed E-state index contributed by atoms with van der Waals surface area (Å²) >= 11 is 0. The van der Waals surface area contributed by atoms with E-state index in [2.05, 4.69) is 18.2 Å². The van der Waals surface area contributed by atoms with Gasteiger partial charge in [0.15, 0.2) is 0 Å². The highest BCUT2D eigenvalue weighted by molar-refractivity contribution is 4.89. The summed E-state index contributed by atoms with van der Waals surface area (Å²) < 4.78 is 10.2. The normalized spacial score (nSPS) is 12.4. The molecule has 0 aromatic rings. The van der Waals surface area contributed by atoms with Crippen molar-refractivity contribution in [2.24, 2.45) is 0 Å². The third kappa shape index (κ3) is 8.06. The Morgan fingerprint density at radius 2 is 2.14 bits per heavy atom. The van der Waals surface area contributed by atoms with Crippen molar-refractivity contribution in [3.63, 3.8) is 0 Å². The molecule has 0 aliphatic rings. The van der Waals surface area contributed by atoms with Gasteiger partial charge in [-0.25, -0.2) is 0 Å². The van der Waals surface area contributed by atoms with Crippen LogP contribution in [0.4, 0.5) is 0 Å². The second-order valence-corrected chi connectivity index (χ2v) is 3.07. The third-order valence-corrected chi connectivity index (χ3v) is 1.97. The molecule has 0 bridgehead atoms. The second-order valence-electron chi connectivity index (χ2n) is 3.07. The number of terminal acetylenes is 1. The van der Waals surface area contributed by atoms with Gasteiger partial charge in [-0.15, -0.1) is 12.3 Å². The topological polar surface area (TPSA) is 30.5 Å². The first-order valence-corrected chi connectivity index (χ1v) is 5.08. The summed E-state index contributed by atoms with van der Waals surface area (Å²) in [5, 5.41) is 3.34. The highest BCUT2D eigenvalue weighted by Gasteiger charge is 2.01. The molecular formula is C11H21NO2. The fourth-order valence-electron chi connectivity index (χ4n) is 1.08. The van der Waals surface area contributed by atoms with E-state index in [0.29, 0.717) is 25.9 Å². The Morgan fingerprint density at radius 1 is 1.36 bits per heavy atom. The highest BCUT2D eigenvalue weighted by atomic mass is 16.5. The summed E-state index contributed by atoms with van der Waals surface area (Å²) in [5.74, 6) is 2.66. The summed E-state index contributed by atoms with van der Waals surface area (Å²) in [6.45, 7) is 5.00. The van der Waals surface area contributed by atoms with Crippen LogP contribution in [0.2, 0.25) is 0 Å². The first kappa shape index (κ1) is 13.4. The zero-order valence-corrected chi connectivity index (χ0v) is 9.21. The maximum absolute atomic E-state index is 5.31. The molecular weight excluding hydrogens is 178 g/mol. The van der Waals surface area contributed by atoms with E-state index in [1.807, 2.05) is 0 Å². The zero-order chi connectivity index (χ0) is 10.6. The minimum atomic E-state index is 0.422. The van der Waals surface area contributed by atoms with Crippen LogP contribution in [0.1, 0.15) is 19.8 Å². The summed E-state index contributed by atoms with van der Waals surface area (Å²) in [6, 6.07) is 0.422. The minimum Gasteiger partial charge on any atom is -0.382 e. The molecule has 14 heavy (non-hydrogen) atoms. The van der Waals surface area contributed by atoms with Gasteiger partial charge in [-0.1, -0.05) is 6.92 Å². The van der Waals surface area contributed by atoms with Crippen molar-refractivity contribution in [2.45, 2.75) is 25.8 Å². The Hall–Kier alpha value is -0.560. The number of hydrogen-bond acceptors (Lipinski definition) is 3. The van der Waals surface area contributed by atoms with Crippen LogP contribution >= 0.6 is 0 Å². The van der Waals surface area contributed by atoms with E-state index in [1.165, 1.54) is 0 Å². The van der Waals surface area contributed by atoms with Crippen LogP contribution in [0, 0.1) is 12.3 Å². The molecule has 0 aliphatic carbocycles. The van der Waals surface area contributed by atoms with E-state index >= 15 is 0 Å². The number of rotatable bonds is 9. The molecule has 3 nitrogen and oxygen atoms in total. The Kier molecular flexibility index (Phi) is 10.1. The van der Waals surface area contributed by atoms with Gasteiger partial charge in [-0.3, -0.25) is 0 Å². The van der Waals surface area contributed by atoms with E-state index in [0.717, 1.165) is 19.4 Å². The van der Waals surface area contributed by atoms with Crippen molar-refractivity contribution in [1.82, 2.24) is 5.32 Å². The molecule has 1 unspecified atom stereocenters. The van der Waals surface area contributed by atoms with Gasteiger partial charge in [0.05, 0.1) is 19.8 Å². The van der Waals surface area contributed by atoms with Crippen LogP contribution < -0.4 is 5.32 Å². The smallest absolute Gasteiger partial charge is 0.0700 e. The standard InChI is InChI=1S/C11H21NO2/c1-4-6-11(5-2)12-7-8-14-10-9-13-3/h1,11-12H,5-10H2,2-3H3.